The minimum atomic E-state index is -0.593. The molecule has 1 rings (SSSR count). The molecule has 0 bridgehead atoms. The summed E-state index contributed by atoms with van der Waals surface area (Å²) in [6.45, 7) is 2.47. The quantitative estimate of drug-likeness (QED) is 0.703. The Balaban J connectivity index is 2.33. The number of aliphatic hydroxyl groups excluding tert-OH is 1. The Bertz CT molecular complexity index is 202. The molecule has 0 spiro atoms. The minimum Gasteiger partial charge on any atom is -0.396 e. The smallest absolute Gasteiger partial charge is 0.166 e. The first-order valence-electron chi connectivity index (χ1n) is 4.50. The maximum absolute atomic E-state index is 8.65. The fourth-order valence-electron chi connectivity index (χ4n) is 1.42. The van der Waals surface area contributed by atoms with Crippen LogP contribution in [-0.2, 0) is 9.47 Å². The van der Waals surface area contributed by atoms with Gasteiger partial charge in [-0.3, -0.25) is 0 Å². The van der Waals surface area contributed by atoms with Gasteiger partial charge in [0.2, 0.25) is 0 Å². The largest absolute Gasteiger partial charge is 0.396 e. The van der Waals surface area contributed by atoms with Gasteiger partial charge in [-0.2, -0.15) is 5.26 Å². The second kappa shape index (κ2) is 4.56. The lowest BCUT2D eigenvalue weighted by Gasteiger charge is -2.22. The highest BCUT2D eigenvalue weighted by molar-refractivity contribution is 4.82. The maximum Gasteiger partial charge on any atom is 0.166 e. The summed E-state index contributed by atoms with van der Waals surface area (Å²) < 4.78 is 11.0. The zero-order chi connectivity index (χ0) is 9.73. The molecule has 1 aliphatic rings. The highest BCUT2D eigenvalue weighted by Gasteiger charge is 2.36. The normalized spacial score (nSPS) is 33.2. The third-order valence-corrected chi connectivity index (χ3v) is 2.10. The average molecular weight is 185 g/mol. The third kappa shape index (κ3) is 2.96. The van der Waals surface area contributed by atoms with Crippen molar-refractivity contribution < 1.29 is 14.6 Å². The van der Waals surface area contributed by atoms with Crippen LogP contribution in [0.4, 0.5) is 0 Å². The molecule has 2 atom stereocenters. The molecule has 0 saturated carbocycles. The van der Waals surface area contributed by atoms with E-state index in [2.05, 4.69) is 0 Å². The van der Waals surface area contributed by atoms with Gasteiger partial charge in [-0.1, -0.05) is 0 Å². The van der Waals surface area contributed by atoms with Crippen LogP contribution in [0.2, 0.25) is 0 Å². The van der Waals surface area contributed by atoms with Crippen molar-refractivity contribution in [2.24, 2.45) is 0 Å². The van der Waals surface area contributed by atoms with Gasteiger partial charge in [0.15, 0.2) is 5.79 Å². The van der Waals surface area contributed by atoms with Crippen LogP contribution in [0.15, 0.2) is 0 Å². The molecule has 4 nitrogen and oxygen atoms in total. The molecule has 0 aromatic carbocycles. The van der Waals surface area contributed by atoms with Gasteiger partial charge in [0.25, 0.3) is 0 Å². The summed E-state index contributed by atoms with van der Waals surface area (Å²) in [5, 5.41) is 17.1. The lowest BCUT2D eigenvalue weighted by atomic mass is 10.2. The second-order valence-corrected chi connectivity index (χ2v) is 3.37. The summed E-state index contributed by atoms with van der Waals surface area (Å²) in [7, 11) is 0. The molecule has 0 aliphatic carbocycles. The fourth-order valence-corrected chi connectivity index (χ4v) is 1.42. The number of ether oxygens (including phenoxy) is 2. The molecule has 0 aromatic heterocycles. The zero-order valence-electron chi connectivity index (χ0n) is 7.82. The van der Waals surface area contributed by atoms with Crippen molar-refractivity contribution in [3.05, 3.63) is 0 Å². The van der Waals surface area contributed by atoms with Gasteiger partial charge in [-0.25, -0.2) is 0 Å². The third-order valence-electron chi connectivity index (χ3n) is 2.10. The van der Waals surface area contributed by atoms with Gasteiger partial charge < -0.3 is 14.6 Å². The predicted octanol–water partition coefficient (Wildman–Crippen LogP) is 0.804. The number of hydrogen-bond acceptors (Lipinski definition) is 4. The topological polar surface area (TPSA) is 62.5 Å². The molecule has 0 radical (unpaired) electrons. The van der Waals surface area contributed by atoms with E-state index in [4.69, 9.17) is 19.8 Å². The van der Waals surface area contributed by atoms with Crippen molar-refractivity contribution in [3.63, 3.8) is 0 Å². The van der Waals surface area contributed by atoms with Crippen molar-refractivity contribution in [1.82, 2.24) is 0 Å². The Hall–Kier alpha value is -0.630. The summed E-state index contributed by atoms with van der Waals surface area (Å²) in [5.41, 5.74) is 0. The number of nitriles is 1. The van der Waals surface area contributed by atoms with Gasteiger partial charge >= 0.3 is 0 Å². The monoisotopic (exact) mass is 185 g/mol. The number of aliphatic hydroxyl groups is 1. The van der Waals surface area contributed by atoms with Crippen LogP contribution in [0.1, 0.15) is 26.2 Å². The molecule has 1 fully saturated rings. The fraction of sp³-hybridized carbons (Fsp3) is 0.889. The maximum atomic E-state index is 8.65. The molecule has 1 N–H and O–H groups in total. The van der Waals surface area contributed by atoms with Crippen molar-refractivity contribution in [1.29, 1.82) is 5.26 Å². The first kappa shape index (κ1) is 10.5. The van der Waals surface area contributed by atoms with Gasteiger partial charge in [0, 0.05) is 13.0 Å². The second-order valence-electron chi connectivity index (χ2n) is 3.37. The van der Waals surface area contributed by atoms with Gasteiger partial charge in [0.05, 0.1) is 25.2 Å². The molecule has 0 aromatic rings. The number of rotatable bonds is 4. The minimum absolute atomic E-state index is 0.103. The van der Waals surface area contributed by atoms with Crippen LogP contribution >= 0.6 is 0 Å². The molecule has 1 aliphatic heterocycles. The molecule has 13 heavy (non-hydrogen) atoms. The average Bonchev–Trinajstić information content (AvgIpc) is 2.46. The van der Waals surface area contributed by atoms with Gasteiger partial charge in [-0.15, -0.1) is 0 Å². The summed E-state index contributed by atoms with van der Waals surface area (Å²) in [5.74, 6) is -0.593. The first-order chi connectivity index (χ1) is 6.20. The highest BCUT2D eigenvalue weighted by Crippen LogP contribution is 2.28. The number of nitrogens with zero attached hydrogens (tertiary/aromatic N) is 1. The Morgan fingerprint density at radius 3 is 3.08 bits per heavy atom. The SMILES string of the molecule is CC1(CCCO)OCC(CC#N)O1. The summed E-state index contributed by atoms with van der Waals surface area (Å²) in [4.78, 5) is 0. The van der Waals surface area contributed by atoms with Crippen molar-refractivity contribution in [2.45, 2.75) is 38.1 Å². The summed E-state index contributed by atoms with van der Waals surface area (Å²) in [6.07, 6.45) is 1.60. The van der Waals surface area contributed by atoms with Gasteiger partial charge in [-0.05, 0) is 13.3 Å². The standard InChI is InChI=1S/C9H15NO3/c1-9(4-2-6-11)12-7-8(13-9)3-5-10/h8,11H,2-4,6-7H2,1H3. The molecule has 74 valence electrons. The molecular weight excluding hydrogens is 170 g/mol. The molecule has 1 saturated heterocycles. The Morgan fingerprint density at radius 1 is 1.69 bits per heavy atom. The van der Waals surface area contributed by atoms with E-state index < -0.39 is 5.79 Å². The van der Waals surface area contributed by atoms with Gasteiger partial charge in [0.1, 0.15) is 0 Å². The molecule has 0 amide bonds. The number of hydrogen-bond donors (Lipinski definition) is 1. The predicted molar refractivity (Wildman–Crippen MR) is 45.8 cm³/mol. The van der Waals surface area contributed by atoms with Crippen LogP contribution in [0.5, 0.6) is 0 Å². The molecule has 1 heterocycles. The molecule has 2 unspecified atom stereocenters. The lowest BCUT2D eigenvalue weighted by Crippen LogP contribution is -2.26. The van der Waals surface area contributed by atoms with Crippen LogP contribution < -0.4 is 0 Å². The van der Waals surface area contributed by atoms with E-state index in [1.165, 1.54) is 0 Å². The highest BCUT2D eigenvalue weighted by atomic mass is 16.7. The first-order valence-corrected chi connectivity index (χ1v) is 4.50. The van der Waals surface area contributed by atoms with E-state index in [0.717, 1.165) is 0 Å². The van der Waals surface area contributed by atoms with E-state index in [9.17, 15) is 0 Å². The lowest BCUT2D eigenvalue weighted by molar-refractivity contribution is -0.159. The van der Waals surface area contributed by atoms with Crippen molar-refractivity contribution >= 4 is 0 Å². The van der Waals surface area contributed by atoms with E-state index in [1.807, 2.05) is 13.0 Å². The summed E-state index contributed by atoms with van der Waals surface area (Å²) >= 11 is 0. The van der Waals surface area contributed by atoms with Crippen LogP contribution in [0.25, 0.3) is 0 Å². The molecule has 4 heteroatoms. The van der Waals surface area contributed by atoms with Crippen molar-refractivity contribution in [3.8, 4) is 6.07 Å². The van der Waals surface area contributed by atoms with E-state index in [-0.39, 0.29) is 12.7 Å². The Labute approximate surface area is 78.1 Å². The Kier molecular flexibility index (Phi) is 3.67. The van der Waals surface area contributed by atoms with E-state index >= 15 is 0 Å². The van der Waals surface area contributed by atoms with E-state index in [1.54, 1.807) is 0 Å². The summed E-state index contributed by atoms with van der Waals surface area (Å²) in [6, 6.07) is 2.05. The van der Waals surface area contributed by atoms with Crippen molar-refractivity contribution in [2.75, 3.05) is 13.2 Å². The van der Waals surface area contributed by atoms with E-state index in [0.29, 0.717) is 25.9 Å². The zero-order valence-corrected chi connectivity index (χ0v) is 7.82. The van der Waals surface area contributed by atoms with Crippen LogP contribution in [0.3, 0.4) is 0 Å². The Morgan fingerprint density at radius 2 is 2.46 bits per heavy atom. The van der Waals surface area contributed by atoms with Crippen LogP contribution in [0, 0.1) is 11.3 Å². The van der Waals surface area contributed by atoms with Crippen LogP contribution in [-0.4, -0.2) is 30.2 Å². The molecular formula is C9H15NO3.